The SMILES string of the molecule is CCOC(=O)C1CCN(c2c(/C=C3\SC(=S)N(Cc4ccccc4)C3=O)c(C)c(C#N)c(=O)n2C)CC1. The predicted molar refractivity (Wildman–Crippen MR) is 148 cm³/mol. The number of anilines is 1. The number of nitriles is 1. The number of amides is 1. The molecule has 4 rings (SSSR count). The smallest absolute Gasteiger partial charge is 0.309 e. The molecule has 0 atom stereocenters. The van der Waals surface area contributed by atoms with Crippen LogP contribution in [-0.2, 0) is 27.9 Å². The number of nitrogens with zero attached hydrogens (tertiary/aromatic N) is 4. The lowest BCUT2D eigenvalue weighted by molar-refractivity contribution is -0.148. The van der Waals surface area contributed by atoms with Crippen LogP contribution in [0.4, 0.5) is 5.82 Å². The molecule has 10 heteroatoms. The van der Waals surface area contributed by atoms with Gasteiger partial charge in [-0.15, -0.1) is 0 Å². The zero-order chi connectivity index (χ0) is 26.7. The minimum atomic E-state index is -0.392. The fraction of sp³-hybridized carbons (Fsp3) is 0.370. The average molecular weight is 537 g/mol. The average Bonchev–Trinajstić information content (AvgIpc) is 3.16. The largest absolute Gasteiger partial charge is 0.466 e. The number of rotatable bonds is 6. The lowest BCUT2D eigenvalue weighted by atomic mass is 9.95. The van der Waals surface area contributed by atoms with Gasteiger partial charge in [0.2, 0.25) is 0 Å². The van der Waals surface area contributed by atoms with Gasteiger partial charge in [0.15, 0.2) is 0 Å². The molecule has 2 aromatic rings. The Morgan fingerprint density at radius 2 is 1.92 bits per heavy atom. The number of pyridine rings is 1. The molecule has 0 aliphatic carbocycles. The number of carbonyl (C=O) groups is 2. The van der Waals surface area contributed by atoms with Crippen molar-refractivity contribution in [2.75, 3.05) is 24.6 Å². The van der Waals surface area contributed by atoms with E-state index in [2.05, 4.69) is 0 Å². The normalized spacial score (nSPS) is 17.4. The summed E-state index contributed by atoms with van der Waals surface area (Å²) in [6, 6.07) is 11.7. The van der Waals surface area contributed by atoms with Crippen molar-refractivity contribution in [3.63, 3.8) is 0 Å². The van der Waals surface area contributed by atoms with Crippen molar-refractivity contribution in [2.24, 2.45) is 13.0 Å². The second-order valence-electron chi connectivity index (χ2n) is 8.98. The molecule has 0 spiro atoms. The van der Waals surface area contributed by atoms with E-state index in [0.717, 1.165) is 5.56 Å². The van der Waals surface area contributed by atoms with E-state index in [-0.39, 0.29) is 23.4 Å². The molecule has 0 unspecified atom stereocenters. The summed E-state index contributed by atoms with van der Waals surface area (Å²) in [6.45, 7) is 5.31. The minimum absolute atomic E-state index is 0.0404. The highest BCUT2D eigenvalue weighted by Crippen LogP contribution is 2.37. The Morgan fingerprint density at radius 1 is 1.24 bits per heavy atom. The Hall–Kier alpha value is -3.42. The molecule has 192 valence electrons. The van der Waals surface area contributed by atoms with Crippen molar-refractivity contribution in [3.8, 4) is 6.07 Å². The van der Waals surface area contributed by atoms with Gasteiger partial charge in [-0.3, -0.25) is 23.9 Å². The highest BCUT2D eigenvalue weighted by molar-refractivity contribution is 8.26. The molecule has 0 saturated carbocycles. The van der Waals surface area contributed by atoms with Gasteiger partial charge in [-0.2, -0.15) is 5.26 Å². The van der Waals surface area contributed by atoms with Gasteiger partial charge in [0, 0.05) is 25.7 Å². The number of thioether (sulfide) groups is 1. The molecular formula is C27H28N4O4S2. The Labute approximate surface area is 225 Å². The van der Waals surface area contributed by atoms with Crippen LogP contribution >= 0.6 is 24.0 Å². The summed E-state index contributed by atoms with van der Waals surface area (Å²) >= 11 is 6.73. The fourth-order valence-electron chi connectivity index (χ4n) is 4.71. The molecule has 0 radical (unpaired) electrons. The molecule has 2 saturated heterocycles. The van der Waals surface area contributed by atoms with Gasteiger partial charge < -0.3 is 9.64 Å². The molecule has 2 aliphatic rings. The highest BCUT2D eigenvalue weighted by atomic mass is 32.2. The summed E-state index contributed by atoms with van der Waals surface area (Å²) in [5.74, 6) is 0.0227. The van der Waals surface area contributed by atoms with E-state index in [0.29, 0.717) is 65.3 Å². The molecule has 37 heavy (non-hydrogen) atoms. The van der Waals surface area contributed by atoms with Crippen LogP contribution in [0.15, 0.2) is 40.0 Å². The predicted octanol–water partition coefficient (Wildman–Crippen LogP) is 3.75. The second-order valence-corrected chi connectivity index (χ2v) is 10.7. The Balaban J connectivity index is 1.70. The number of benzene rings is 1. The van der Waals surface area contributed by atoms with E-state index >= 15 is 0 Å². The fourth-order valence-corrected chi connectivity index (χ4v) is 5.95. The number of carbonyl (C=O) groups excluding carboxylic acids is 2. The lowest BCUT2D eigenvalue weighted by Gasteiger charge is -2.35. The molecule has 2 aliphatic heterocycles. The zero-order valence-electron chi connectivity index (χ0n) is 21.0. The van der Waals surface area contributed by atoms with Crippen molar-refractivity contribution in [3.05, 3.63) is 67.8 Å². The number of esters is 1. The van der Waals surface area contributed by atoms with Crippen LogP contribution in [0, 0.1) is 24.2 Å². The molecule has 1 aromatic heterocycles. The summed E-state index contributed by atoms with van der Waals surface area (Å²) in [5, 5.41) is 9.71. The standard InChI is InChI=1S/C27H28N4O4S2/c1-4-35-26(34)19-10-12-30(13-11-19)23-20(17(2)21(15-28)24(32)29(23)3)14-22-25(33)31(27(36)37-22)16-18-8-6-5-7-9-18/h5-9,14,19H,4,10-13,16H2,1-3H3/b22-14-. The van der Waals surface area contributed by atoms with Crippen LogP contribution in [0.25, 0.3) is 6.08 Å². The van der Waals surface area contributed by atoms with Crippen LogP contribution in [0.1, 0.15) is 42.0 Å². The third-order valence-electron chi connectivity index (χ3n) is 6.71. The highest BCUT2D eigenvalue weighted by Gasteiger charge is 2.34. The molecular weight excluding hydrogens is 508 g/mol. The zero-order valence-corrected chi connectivity index (χ0v) is 22.7. The molecule has 0 bridgehead atoms. The van der Waals surface area contributed by atoms with E-state index in [4.69, 9.17) is 17.0 Å². The first-order valence-electron chi connectivity index (χ1n) is 12.1. The Morgan fingerprint density at radius 3 is 2.54 bits per heavy atom. The quantitative estimate of drug-likeness (QED) is 0.313. The first-order valence-corrected chi connectivity index (χ1v) is 13.3. The first kappa shape index (κ1) is 26.6. The van der Waals surface area contributed by atoms with Gasteiger partial charge in [-0.1, -0.05) is 54.3 Å². The summed E-state index contributed by atoms with van der Waals surface area (Å²) in [7, 11) is 1.63. The molecule has 8 nitrogen and oxygen atoms in total. The first-order chi connectivity index (χ1) is 17.8. The van der Waals surface area contributed by atoms with Crippen molar-refractivity contribution in [2.45, 2.75) is 33.2 Å². The molecule has 0 N–H and O–H groups in total. The number of thiocarbonyl (C=S) groups is 1. The molecule has 3 heterocycles. The van der Waals surface area contributed by atoms with Crippen LogP contribution in [-0.4, -0.2) is 45.4 Å². The maximum absolute atomic E-state index is 13.4. The van der Waals surface area contributed by atoms with E-state index in [1.165, 1.54) is 16.3 Å². The van der Waals surface area contributed by atoms with E-state index < -0.39 is 5.56 Å². The number of hydrogen-bond donors (Lipinski definition) is 0. The molecule has 1 aromatic carbocycles. The maximum atomic E-state index is 13.4. The van der Waals surface area contributed by atoms with Crippen LogP contribution < -0.4 is 10.5 Å². The van der Waals surface area contributed by atoms with Crippen molar-refractivity contribution in [1.82, 2.24) is 9.47 Å². The van der Waals surface area contributed by atoms with E-state index in [9.17, 15) is 19.6 Å². The third-order valence-corrected chi connectivity index (χ3v) is 8.09. The van der Waals surface area contributed by atoms with Gasteiger partial charge >= 0.3 is 5.97 Å². The Bertz CT molecular complexity index is 1370. The lowest BCUT2D eigenvalue weighted by Crippen LogP contribution is -2.40. The number of aromatic nitrogens is 1. The van der Waals surface area contributed by atoms with Gasteiger partial charge in [-0.25, -0.2) is 0 Å². The Kier molecular flexibility index (Phi) is 8.15. The minimum Gasteiger partial charge on any atom is -0.466 e. The number of hydrogen-bond acceptors (Lipinski definition) is 8. The number of ether oxygens (including phenoxy) is 1. The van der Waals surface area contributed by atoms with Gasteiger partial charge in [0.25, 0.3) is 11.5 Å². The topological polar surface area (TPSA) is 95.6 Å². The van der Waals surface area contributed by atoms with Gasteiger partial charge in [0.05, 0.1) is 24.0 Å². The third kappa shape index (κ3) is 5.33. The summed E-state index contributed by atoms with van der Waals surface area (Å²) in [5.41, 5.74) is 1.76. The van der Waals surface area contributed by atoms with Crippen molar-refractivity contribution in [1.29, 1.82) is 5.26 Å². The monoisotopic (exact) mass is 536 g/mol. The van der Waals surface area contributed by atoms with Gasteiger partial charge in [0.1, 0.15) is 21.8 Å². The maximum Gasteiger partial charge on any atom is 0.309 e. The summed E-state index contributed by atoms with van der Waals surface area (Å²) in [4.78, 5) is 42.7. The van der Waals surface area contributed by atoms with Crippen LogP contribution in [0.3, 0.4) is 0 Å². The van der Waals surface area contributed by atoms with Gasteiger partial charge in [-0.05, 0) is 43.9 Å². The number of piperidine rings is 1. The van der Waals surface area contributed by atoms with E-state index in [1.54, 1.807) is 31.9 Å². The molecule has 2 fully saturated rings. The van der Waals surface area contributed by atoms with Crippen molar-refractivity contribution >= 4 is 52.1 Å². The van der Waals surface area contributed by atoms with Crippen molar-refractivity contribution < 1.29 is 14.3 Å². The van der Waals surface area contributed by atoms with Crippen LogP contribution in [0.2, 0.25) is 0 Å². The van der Waals surface area contributed by atoms with Crippen LogP contribution in [0.5, 0.6) is 0 Å². The molecule has 1 amide bonds. The summed E-state index contributed by atoms with van der Waals surface area (Å²) < 4.78 is 7.11. The second kappa shape index (κ2) is 11.3. The van der Waals surface area contributed by atoms with E-state index in [1.807, 2.05) is 41.3 Å². The summed E-state index contributed by atoms with van der Waals surface area (Å²) in [6.07, 6.45) is 2.92.